The second-order valence-electron chi connectivity index (χ2n) is 9.58. The van der Waals surface area contributed by atoms with Gasteiger partial charge in [-0.2, -0.15) is 0 Å². The van der Waals surface area contributed by atoms with Crippen LogP contribution in [0.3, 0.4) is 0 Å². The molecule has 0 aromatic heterocycles. The van der Waals surface area contributed by atoms with E-state index in [1.165, 1.54) is 64.2 Å². The maximum absolute atomic E-state index is 11.7. The summed E-state index contributed by atoms with van der Waals surface area (Å²) in [5, 5.41) is 2.60. The maximum atomic E-state index is 11.7. The van der Waals surface area contributed by atoms with Crippen LogP contribution in [-0.2, 0) is 16.1 Å². The summed E-state index contributed by atoms with van der Waals surface area (Å²) >= 11 is 3.76. The molecule has 208 valence electrons. The Bertz CT molecular complexity index is 819. The first-order valence-electron chi connectivity index (χ1n) is 13.7. The van der Waals surface area contributed by atoms with E-state index in [0.717, 1.165) is 35.2 Å². The lowest BCUT2D eigenvalue weighted by molar-refractivity contribution is -0.121. The highest BCUT2D eigenvalue weighted by molar-refractivity contribution is 7.99. The monoisotopic (exact) mass is 550 g/mol. The van der Waals surface area contributed by atoms with Crippen LogP contribution in [0.5, 0.6) is 0 Å². The van der Waals surface area contributed by atoms with Gasteiger partial charge in [0.05, 0.1) is 6.04 Å². The van der Waals surface area contributed by atoms with Gasteiger partial charge in [0.15, 0.2) is 0 Å². The van der Waals surface area contributed by atoms with Crippen LogP contribution in [0.25, 0.3) is 0 Å². The summed E-state index contributed by atoms with van der Waals surface area (Å²) in [5.41, 5.74) is 1.64. The molecular formula is C28H46N4O3S2. The summed E-state index contributed by atoms with van der Waals surface area (Å²) in [6.07, 6.45) is 8.77. The second kappa shape index (κ2) is 18.8. The van der Waals surface area contributed by atoms with Crippen LogP contribution in [0.1, 0.15) is 67.8 Å². The smallest absolute Gasteiger partial charge is 0.219 e. The fourth-order valence-electron chi connectivity index (χ4n) is 4.58. The maximum Gasteiger partial charge on any atom is 0.219 e. The van der Waals surface area contributed by atoms with Crippen LogP contribution < -0.4 is 5.32 Å². The van der Waals surface area contributed by atoms with Crippen molar-refractivity contribution in [2.24, 2.45) is 0 Å². The van der Waals surface area contributed by atoms with Gasteiger partial charge in [-0.3, -0.25) is 14.5 Å². The number of aldehydes is 2. The van der Waals surface area contributed by atoms with Crippen LogP contribution in [-0.4, -0.2) is 97.0 Å². The van der Waals surface area contributed by atoms with E-state index in [1.807, 2.05) is 36.0 Å². The van der Waals surface area contributed by atoms with E-state index in [2.05, 4.69) is 27.5 Å². The van der Waals surface area contributed by atoms with Crippen molar-refractivity contribution in [3.05, 3.63) is 29.3 Å². The number of nitrogens with one attached hydrogen (secondary N) is 1. The van der Waals surface area contributed by atoms with E-state index >= 15 is 0 Å². The second-order valence-corrected chi connectivity index (χ2v) is 12.1. The van der Waals surface area contributed by atoms with Crippen molar-refractivity contribution < 1.29 is 14.4 Å². The average molecular weight is 551 g/mol. The third kappa shape index (κ3) is 11.9. The quantitative estimate of drug-likeness (QED) is 0.118. The van der Waals surface area contributed by atoms with Crippen molar-refractivity contribution in [1.29, 1.82) is 0 Å². The third-order valence-corrected chi connectivity index (χ3v) is 9.07. The molecule has 1 aromatic rings. The molecule has 7 nitrogen and oxygen atoms in total. The van der Waals surface area contributed by atoms with Gasteiger partial charge in [-0.1, -0.05) is 50.3 Å². The highest BCUT2D eigenvalue weighted by Gasteiger charge is 2.19. The molecule has 0 saturated carbocycles. The number of thioether (sulfide) groups is 1. The number of carbonyl (C=O) groups is 3. The van der Waals surface area contributed by atoms with E-state index in [1.54, 1.807) is 18.8 Å². The third-order valence-electron chi connectivity index (χ3n) is 6.89. The molecular weight excluding hydrogens is 504 g/mol. The van der Waals surface area contributed by atoms with Crippen LogP contribution in [0, 0.1) is 0 Å². The zero-order valence-electron chi connectivity index (χ0n) is 23.0. The van der Waals surface area contributed by atoms with Gasteiger partial charge < -0.3 is 15.0 Å². The van der Waals surface area contributed by atoms with Gasteiger partial charge in [0.1, 0.15) is 12.6 Å². The Balaban J connectivity index is 1.71. The Hall–Kier alpha value is -1.39. The van der Waals surface area contributed by atoms with Crippen LogP contribution >= 0.6 is 23.7 Å². The molecule has 1 saturated heterocycles. The van der Waals surface area contributed by atoms with Crippen molar-refractivity contribution in [3.63, 3.8) is 0 Å². The Morgan fingerprint density at radius 2 is 1.84 bits per heavy atom. The minimum absolute atomic E-state index is 0.0748. The summed E-state index contributed by atoms with van der Waals surface area (Å²) in [6, 6.07) is 5.47. The minimum atomic E-state index is -0.367. The van der Waals surface area contributed by atoms with Crippen LogP contribution in [0.2, 0.25) is 0 Å². The highest BCUT2D eigenvalue weighted by Crippen LogP contribution is 2.28. The van der Waals surface area contributed by atoms with E-state index < -0.39 is 0 Å². The van der Waals surface area contributed by atoms with Crippen LogP contribution in [0.4, 0.5) is 0 Å². The number of likely N-dealkylation sites (N-methyl/N-ethyl adjacent to an activating group) is 1. The first kappa shape index (κ1) is 31.8. The topological polar surface area (TPSA) is 73.0 Å². The van der Waals surface area contributed by atoms with E-state index in [4.69, 9.17) is 0 Å². The minimum Gasteiger partial charge on any atom is -0.359 e. The van der Waals surface area contributed by atoms with Crippen molar-refractivity contribution in [3.8, 4) is 0 Å². The number of unbranched alkanes of at least 4 members (excludes halogenated alkanes) is 4. The summed E-state index contributed by atoms with van der Waals surface area (Å²) in [7, 11) is 3.48. The number of rotatable bonds is 19. The van der Waals surface area contributed by atoms with Gasteiger partial charge in [-0.25, -0.2) is 4.31 Å². The zero-order valence-corrected chi connectivity index (χ0v) is 24.6. The number of carbonyl (C=O) groups excluding carboxylic acids is 3. The molecule has 0 spiro atoms. The first-order valence-corrected chi connectivity index (χ1v) is 15.6. The molecule has 1 amide bonds. The molecule has 1 aliphatic heterocycles. The standard InChI is InChI=1S/C28H46N4O3S2/c1-4-37-32-18-16-31(17-19-32)15-8-6-5-7-9-20-36-27-12-10-11-24(22-33)26(27)21-30(3)25(23-34)13-14-28(35)29-2/h10-12,22-23,25H,4-9,13-21H2,1-3H3,(H,29,35). The van der Waals surface area contributed by atoms with Gasteiger partial charge in [-0.05, 0) is 50.2 Å². The molecule has 0 aliphatic carbocycles. The summed E-state index contributed by atoms with van der Waals surface area (Å²) in [6.45, 7) is 8.71. The number of piperazine rings is 1. The molecule has 37 heavy (non-hydrogen) atoms. The first-order chi connectivity index (χ1) is 18.0. The number of benzene rings is 1. The fourth-order valence-corrected chi connectivity index (χ4v) is 6.46. The number of amides is 1. The molecule has 1 N–H and O–H groups in total. The normalized spacial score (nSPS) is 15.6. The number of hydrogen-bond acceptors (Lipinski definition) is 8. The Kier molecular flexibility index (Phi) is 16.2. The summed E-state index contributed by atoms with van der Waals surface area (Å²) in [5.74, 6) is 2.11. The molecule has 0 radical (unpaired) electrons. The van der Waals surface area contributed by atoms with Gasteiger partial charge in [0.2, 0.25) is 5.91 Å². The molecule has 1 heterocycles. The molecule has 1 aliphatic rings. The SMILES string of the molecule is CCSN1CCN(CCCCCCCSc2cccc(C=O)c2CN(C)C(C=O)CCC(=O)NC)CC1. The van der Waals surface area contributed by atoms with E-state index in [-0.39, 0.29) is 11.9 Å². The predicted molar refractivity (Wildman–Crippen MR) is 156 cm³/mol. The van der Waals surface area contributed by atoms with Gasteiger partial charge in [0.25, 0.3) is 0 Å². The lowest BCUT2D eigenvalue weighted by atomic mass is 10.1. The van der Waals surface area contributed by atoms with E-state index in [0.29, 0.717) is 24.9 Å². The Morgan fingerprint density at radius 3 is 2.51 bits per heavy atom. The Labute approximate surface area is 232 Å². The molecule has 1 unspecified atom stereocenters. The van der Waals surface area contributed by atoms with Crippen molar-refractivity contribution >= 4 is 42.2 Å². The van der Waals surface area contributed by atoms with Gasteiger partial charge in [0, 0.05) is 62.4 Å². The van der Waals surface area contributed by atoms with Crippen molar-refractivity contribution in [2.45, 2.75) is 69.4 Å². The molecule has 1 aromatic carbocycles. The van der Waals surface area contributed by atoms with Gasteiger partial charge in [-0.15, -0.1) is 11.8 Å². The van der Waals surface area contributed by atoms with Crippen LogP contribution in [0.15, 0.2) is 23.1 Å². The molecule has 2 rings (SSSR count). The van der Waals surface area contributed by atoms with Gasteiger partial charge >= 0.3 is 0 Å². The van der Waals surface area contributed by atoms with E-state index in [9.17, 15) is 14.4 Å². The van der Waals surface area contributed by atoms with Crippen molar-refractivity contribution in [1.82, 2.24) is 19.4 Å². The van der Waals surface area contributed by atoms with Crippen molar-refractivity contribution in [2.75, 3.05) is 58.3 Å². The lowest BCUT2D eigenvalue weighted by Gasteiger charge is -2.33. The summed E-state index contributed by atoms with van der Waals surface area (Å²) in [4.78, 5) is 40.6. The Morgan fingerprint density at radius 1 is 1.11 bits per heavy atom. The predicted octanol–water partition coefficient (Wildman–Crippen LogP) is 4.35. The average Bonchev–Trinajstić information content (AvgIpc) is 2.92. The number of hydrogen-bond donors (Lipinski definition) is 1. The highest BCUT2D eigenvalue weighted by atomic mass is 32.2. The lowest BCUT2D eigenvalue weighted by Crippen LogP contribution is -2.43. The molecule has 1 fully saturated rings. The zero-order chi connectivity index (χ0) is 26.9. The number of nitrogens with zero attached hydrogens (tertiary/aromatic N) is 3. The largest absolute Gasteiger partial charge is 0.359 e. The molecule has 1 atom stereocenters. The summed E-state index contributed by atoms with van der Waals surface area (Å²) < 4.78 is 2.50. The molecule has 0 bridgehead atoms. The molecule has 9 heteroatoms. The fraction of sp³-hybridized carbons (Fsp3) is 0.679.